The fourth-order valence-corrected chi connectivity index (χ4v) is 4.16. The topological polar surface area (TPSA) is 61.8 Å². The summed E-state index contributed by atoms with van der Waals surface area (Å²) in [7, 11) is 0. The highest BCUT2D eigenvalue weighted by atomic mass is 32.2. The normalized spacial score (nSPS) is 18.8. The van der Waals surface area contributed by atoms with Crippen molar-refractivity contribution in [3.05, 3.63) is 47.5 Å². The smallest absolute Gasteiger partial charge is 0.335 e. The van der Waals surface area contributed by atoms with E-state index < -0.39 is 11.4 Å². The van der Waals surface area contributed by atoms with E-state index in [1.165, 1.54) is 0 Å². The molecule has 0 fully saturated rings. The van der Waals surface area contributed by atoms with Crippen molar-refractivity contribution < 1.29 is 18.8 Å². The van der Waals surface area contributed by atoms with Gasteiger partial charge in [-0.15, -0.1) is 4.31 Å². The lowest BCUT2D eigenvalue weighted by molar-refractivity contribution is -0.139. The molecule has 2 rings (SSSR count). The predicted molar refractivity (Wildman–Crippen MR) is 99.2 cm³/mol. The fourth-order valence-electron chi connectivity index (χ4n) is 2.69. The molecule has 138 valence electrons. The third-order valence-electron chi connectivity index (χ3n) is 4.03. The van der Waals surface area contributed by atoms with Gasteiger partial charge in [-0.2, -0.15) is 0 Å². The molecule has 0 radical (unpaired) electrons. The van der Waals surface area contributed by atoms with Crippen LogP contribution in [0.1, 0.15) is 32.3 Å². The SMILES string of the molecule is CCCC[S@+]([O-])N1CC=C(C(=O)OCC)[C@@H]1COCc1ccccc1. The molecule has 0 spiro atoms. The second-order valence-electron chi connectivity index (χ2n) is 5.88. The van der Waals surface area contributed by atoms with E-state index in [4.69, 9.17) is 9.47 Å². The van der Waals surface area contributed by atoms with Gasteiger partial charge in [-0.1, -0.05) is 49.8 Å². The molecule has 0 bridgehead atoms. The van der Waals surface area contributed by atoms with E-state index in [9.17, 15) is 9.35 Å². The van der Waals surface area contributed by atoms with Crippen molar-refractivity contribution >= 4 is 17.3 Å². The Morgan fingerprint density at radius 1 is 1.32 bits per heavy atom. The van der Waals surface area contributed by atoms with Crippen molar-refractivity contribution in [1.29, 1.82) is 0 Å². The Kier molecular flexibility index (Phi) is 8.48. The first-order valence-corrected chi connectivity index (χ1v) is 10.1. The molecule has 1 aromatic rings. The molecule has 0 saturated carbocycles. The second kappa shape index (κ2) is 10.6. The van der Waals surface area contributed by atoms with E-state index in [2.05, 4.69) is 6.92 Å². The first-order chi connectivity index (χ1) is 12.2. The molecular weight excluding hydrogens is 338 g/mol. The number of esters is 1. The van der Waals surface area contributed by atoms with Gasteiger partial charge in [0.2, 0.25) is 0 Å². The summed E-state index contributed by atoms with van der Waals surface area (Å²) in [6.07, 6.45) is 3.71. The third-order valence-corrected chi connectivity index (χ3v) is 5.59. The van der Waals surface area contributed by atoms with Gasteiger partial charge in [0.1, 0.15) is 11.8 Å². The fraction of sp³-hybridized carbons (Fsp3) is 0.526. The van der Waals surface area contributed by atoms with Crippen LogP contribution in [0.5, 0.6) is 0 Å². The van der Waals surface area contributed by atoms with Crippen LogP contribution in [-0.4, -0.2) is 46.4 Å². The van der Waals surface area contributed by atoms with Crippen molar-refractivity contribution in [3.8, 4) is 0 Å². The van der Waals surface area contributed by atoms with Gasteiger partial charge in [0.15, 0.2) is 0 Å². The van der Waals surface area contributed by atoms with Crippen LogP contribution in [0.2, 0.25) is 0 Å². The number of hydrogen-bond donors (Lipinski definition) is 0. The monoisotopic (exact) mass is 365 g/mol. The zero-order valence-corrected chi connectivity index (χ0v) is 15.8. The number of unbranched alkanes of at least 4 members (excludes halogenated alkanes) is 1. The van der Waals surface area contributed by atoms with Crippen molar-refractivity contribution in [2.45, 2.75) is 39.3 Å². The minimum absolute atomic E-state index is 0.317. The van der Waals surface area contributed by atoms with Crippen LogP contribution in [-0.2, 0) is 32.2 Å². The van der Waals surface area contributed by atoms with Crippen LogP contribution in [0.4, 0.5) is 0 Å². The highest BCUT2D eigenvalue weighted by Crippen LogP contribution is 2.25. The van der Waals surface area contributed by atoms with Crippen LogP contribution >= 0.6 is 0 Å². The highest BCUT2D eigenvalue weighted by molar-refractivity contribution is 7.89. The van der Waals surface area contributed by atoms with Crippen LogP contribution in [0, 0.1) is 0 Å². The van der Waals surface area contributed by atoms with E-state index in [0.29, 0.717) is 37.7 Å². The molecule has 0 unspecified atom stereocenters. The van der Waals surface area contributed by atoms with Crippen LogP contribution < -0.4 is 0 Å². The maximum Gasteiger partial charge on any atom is 0.335 e. The van der Waals surface area contributed by atoms with Gasteiger partial charge in [0.05, 0.1) is 31.9 Å². The van der Waals surface area contributed by atoms with Crippen LogP contribution in [0.3, 0.4) is 0 Å². The molecule has 1 aliphatic rings. The Bertz CT molecular complexity index is 564. The van der Waals surface area contributed by atoms with Gasteiger partial charge in [-0.05, 0) is 18.9 Å². The Balaban J connectivity index is 1.99. The van der Waals surface area contributed by atoms with Crippen LogP contribution in [0.15, 0.2) is 42.0 Å². The van der Waals surface area contributed by atoms with E-state index in [-0.39, 0.29) is 12.0 Å². The van der Waals surface area contributed by atoms with Crippen LogP contribution in [0.25, 0.3) is 0 Å². The Labute approximate surface area is 153 Å². The predicted octanol–water partition coefficient (Wildman–Crippen LogP) is 2.84. The van der Waals surface area contributed by atoms with Gasteiger partial charge in [-0.25, -0.2) is 4.79 Å². The minimum Gasteiger partial charge on any atom is -0.598 e. The molecule has 1 aliphatic heterocycles. The number of carbonyl (C=O) groups is 1. The van der Waals surface area contributed by atoms with Gasteiger partial charge in [-0.3, -0.25) is 0 Å². The maximum atomic E-state index is 12.6. The molecule has 0 aliphatic carbocycles. The molecule has 0 N–H and O–H groups in total. The molecule has 25 heavy (non-hydrogen) atoms. The zero-order valence-electron chi connectivity index (χ0n) is 15.0. The largest absolute Gasteiger partial charge is 0.598 e. The van der Waals surface area contributed by atoms with E-state index >= 15 is 0 Å². The summed E-state index contributed by atoms with van der Waals surface area (Å²) in [5.41, 5.74) is 1.63. The average Bonchev–Trinajstić information content (AvgIpc) is 3.05. The average molecular weight is 365 g/mol. The summed E-state index contributed by atoms with van der Waals surface area (Å²) in [4.78, 5) is 12.2. The molecule has 5 nitrogen and oxygen atoms in total. The first-order valence-electron chi connectivity index (χ1n) is 8.81. The lowest BCUT2D eigenvalue weighted by Crippen LogP contribution is -2.42. The van der Waals surface area contributed by atoms with E-state index in [0.717, 1.165) is 18.4 Å². The third kappa shape index (κ3) is 5.85. The zero-order chi connectivity index (χ0) is 18.1. The number of hydrogen-bond acceptors (Lipinski definition) is 5. The quantitative estimate of drug-likeness (QED) is 0.471. The molecule has 6 heteroatoms. The number of rotatable bonds is 10. The van der Waals surface area contributed by atoms with E-state index in [1.54, 1.807) is 6.92 Å². The maximum absolute atomic E-state index is 12.6. The summed E-state index contributed by atoms with van der Waals surface area (Å²) in [6.45, 7) is 5.45. The van der Waals surface area contributed by atoms with Crippen molar-refractivity contribution in [3.63, 3.8) is 0 Å². The number of ether oxygens (including phenoxy) is 2. The molecule has 0 saturated heterocycles. The molecule has 1 aromatic carbocycles. The van der Waals surface area contributed by atoms with Crippen molar-refractivity contribution in [2.24, 2.45) is 0 Å². The summed E-state index contributed by atoms with van der Waals surface area (Å²) < 4.78 is 25.4. The van der Waals surface area contributed by atoms with Gasteiger partial charge >= 0.3 is 5.97 Å². The summed E-state index contributed by atoms with van der Waals surface area (Å²) in [5.74, 6) is 0.265. The van der Waals surface area contributed by atoms with Gasteiger partial charge in [0, 0.05) is 11.4 Å². The van der Waals surface area contributed by atoms with E-state index in [1.807, 2.05) is 40.7 Å². The second-order valence-corrected chi connectivity index (χ2v) is 7.40. The number of nitrogens with zero attached hydrogens (tertiary/aromatic N) is 1. The molecule has 0 aromatic heterocycles. The Morgan fingerprint density at radius 2 is 2.08 bits per heavy atom. The Morgan fingerprint density at radius 3 is 2.76 bits per heavy atom. The summed E-state index contributed by atoms with van der Waals surface area (Å²) in [6, 6.07) is 9.55. The molecule has 1 heterocycles. The first kappa shape index (κ1) is 20.0. The van der Waals surface area contributed by atoms with Crippen molar-refractivity contribution in [1.82, 2.24) is 4.31 Å². The number of benzene rings is 1. The molecule has 0 amide bonds. The van der Waals surface area contributed by atoms with Gasteiger partial charge in [0.25, 0.3) is 0 Å². The standard InChI is InChI=1S/C19H27NO4S/c1-3-5-13-25(22)20-12-11-17(19(21)24-4-2)18(20)15-23-14-16-9-7-6-8-10-16/h6-11,18H,3-5,12-15H2,1-2H3/t18-,25-/m0/s1. The molecule has 2 atom stereocenters. The lowest BCUT2D eigenvalue weighted by atomic mass is 10.1. The van der Waals surface area contributed by atoms with Gasteiger partial charge < -0.3 is 14.0 Å². The lowest BCUT2D eigenvalue weighted by Gasteiger charge is -2.27. The van der Waals surface area contributed by atoms with Crippen molar-refractivity contribution in [2.75, 3.05) is 25.5 Å². The molecular formula is C19H27NO4S. The Hall–Kier alpha value is -1.34. The highest BCUT2D eigenvalue weighted by Gasteiger charge is 2.39. The summed E-state index contributed by atoms with van der Waals surface area (Å²) in [5, 5.41) is 0. The summed E-state index contributed by atoms with van der Waals surface area (Å²) >= 11 is -1.12. The number of carbonyl (C=O) groups excluding carboxylic acids is 1. The minimum atomic E-state index is -1.12.